The Morgan fingerprint density at radius 3 is 2.63 bits per heavy atom. The Kier molecular flexibility index (Phi) is 5.22. The van der Waals surface area contributed by atoms with Gasteiger partial charge in [-0.25, -0.2) is 4.39 Å². The van der Waals surface area contributed by atoms with Crippen LogP contribution >= 0.6 is 34.5 Å². The molecule has 0 aliphatic rings. The molecule has 5 heteroatoms. The fourth-order valence-electron chi connectivity index (χ4n) is 1.95. The second kappa shape index (κ2) is 6.71. The molecule has 0 saturated heterocycles. The normalized spacial score (nSPS) is 12.6. The monoisotopic (exact) mass is 317 g/mol. The van der Waals surface area contributed by atoms with Crippen molar-refractivity contribution in [1.82, 2.24) is 5.32 Å². The predicted octanol–water partition coefficient (Wildman–Crippen LogP) is 4.57. The van der Waals surface area contributed by atoms with Gasteiger partial charge in [0, 0.05) is 10.9 Å². The van der Waals surface area contributed by atoms with Gasteiger partial charge in [0.25, 0.3) is 0 Å². The molecule has 0 bridgehead atoms. The number of rotatable bonds is 5. The molecule has 1 atom stereocenters. The lowest BCUT2D eigenvalue weighted by molar-refractivity contribution is 0.535. The van der Waals surface area contributed by atoms with Crippen molar-refractivity contribution < 1.29 is 4.39 Å². The largest absolute Gasteiger partial charge is 0.316 e. The molecule has 1 unspecified atom stereocenters. The van der Waals surface area contributed by atoms with E-state index in [0.29, 0.717) is 12.0 Å². The van der Waals surface area contributed by atoms with E-state index in [1.54, 1.807) is 29.5 Å². The maximum atomic E-state index is 13.9. The van der Waals surface area contributed by atoms with Gasteiger partial charge in [0.1, 0.15) is 5.82 Å². The third-order valence-corrected chi connectivity index (χ3v) is 4.53. The first kappa shape index (κ1) is 14.8. The first-order chi connectivity index (χ1) is 9.10. The highest BCUT2D eigenvalue weighted by Gasteiger charge is 2.14. The minimum Gasteiger partial charge on any atom is -0.316 e. The second-order valence-electron chi connectivity index (χ2n) is 4.31. The van der Waals surface area contributed by atoms with Crippen LogP contribution in [-0.2, 0) is 12.8 Å². The number of thiophene rings is 1. The van der Waals surface area contributed by atoms with Gasteiger partial charge in [-0.05, 0) is 43.7 Å². The summed E-state index contributed by atoms with van der Waals surface area (Å²) in [5.41, 5.74) is 0.634. The van der Waals surface area contributed by atoms with Gasteiger partial charge in [0.05, 0.1) is 9.36 Å². The van der Waals surface area contributed by atoms with Crippen molar-refractivity contribution in [2.75, 3.05) is 7.05 Å². The molecule has 1 aromatic carbocycles. The highest BCUT2D eigenvalue weighted by Crippen LogP contribution is 2.24. The third-order valence-electron chi connectivity index (χ3n) is 2.98. The molecule has 2 rings (SSSR count). The van der Waals surface area contributed by atoms with Crippen LogP contribution in [0, 0.1) is 5.82 Å². The van der Waals surface area contributed by atoms with Crippen LogP contribution in [-0.4, -0.2) is 13.1 Å². The molecule has 0 saturated carbocycles. The molecule has 0 aliphatic carbocycles. The van der Waals surface area contributed by atoms with Gasteiger partial charge in [0.2, 0.25) is 0 Å². The van der Waals surface area contributed by atoms with Crippen molar-refractivity contribution in [2.45, 2.75) is 18.9 Å². The Labute approximate surface area is 126 Å². The molecule has 102 valence electrons. The van der Waals surface area contributed by atoms with Crippen molar-refractivity contribution in [2.24, 2.45) is 0 Å². The molecule has 0 amide bonds. The number of halogens is 3. The Morgan fingerprint density at radius 2 is 2.00 bits per heavy atom. The molecule has 1 nitrogen and oxygen atoms in total. The van der Waals surface area contributed by atoms with Gasteiger partial charge in [-0.15, -0.1) is 11.3 Å². The van der Waals surface area contributed by atoms with E-state index in [9.17, 15) is 4.39 Å². The first-order valence-corrected chi connectivity index (χ1v) is 7.51. The summed E-state index contributed by atoms with van der Waals surface area (Å²) in [5.74, 6) is -0.325. The van der Waals surface area contributed by atoms with Gasteiger partial charge in [-0.3, -0.25) is 0 Å². The van der Waals surface area contributed by atoms with Crippen molar-refractivity contribution in [3.8, 4) is 0 Å². The first-order valence-electron chi connectivity index (χ1n) is 5.94. The van der Waals surface area contributed by atoms with E-state index in [2.05, 4.69) is 5.32 Å². The van der Waals surface area contributed by atoms with Crippen molar-refractivity contribution in [1.29, 1.82) is 0 Å². The number of likely N-dealkylation sites (N-methyl/N-ethyl adjacent to an activating group) is 1. The number of nitrogens with one attached hydrogen (secondary N) is 1. The average molecular weight is 318 g/mol. The molecule has 1 aromatic heterocycles. The van der Waals surface area contributed by atoms with E-state index in [4.69, 9.17) is 23.2 Å². The van der Waals surface area contributed by atoms with E-state index in [0.717, 1.165) is 10.8 Å². The standard InChI is InChI=1S/C14H14Cl2FNS/c1-18-10(8-11-5-6-13(16)19-11)7-9-3-2-4-12(15)14(9)17/h2-6,10,18H,7-8H2,1H3. The van der Waals surface area contributed by atoms with Crippen molar-refractivity contribution in [3.05, 3.63) is 55.9 Å². The highest BCUT2D eigenvalue weighted by molar-refractivity contribution is 7.16. The number of benzene rings is 1. The lowest BCUT2D eigenvalue weighted by Crippen LogP contribution is -2.30. The lowest BCUT2D eigenvalue weighted by atomic mass is 10.0. The summed E-state index contributed by atoms with van der Waals surface area (Å²) >= 11 is 13.3. The van der Waals surface area contributed by atoms with Crippen LogP contribution in [0.25, 0.3) is 0 Å². The van der Waals surface area contributed by atoms with Gasteiger partial charge in [0.15, 0.2) is 0 Å². The average Bonchev–Trinajstić information content (AvgIpc) is 2.79. The zero-order valence-corrected chi connectivity index (χ0v) is 12.7. The highest BCUT2D eigenvalue weighted by atomic mass is 35.5. The minimum atomic E-state index is -0.325. The maximum absolute atomic E-state index is 13.9. The molecule has 0 fully saturated rings. The topological polar surface area (TPSA) is 12.0 Å². The van der Waals surface area contributed by atoms with E-state index in [1.165, 1.54) is 4.88 Å². The van der Waals surface area contributed by atoms with Crippen molar-refractivity contribution >= 4 is 34.5 Å². The Bertz CT molecular complexity index is 556. The molecule has 1 heterocycles. The minimum absolute atomic E-state index is 0.155. The summed E-state index contributed by atoms with van der Waals surface area (Å²) in [7, 11) is 1.88. The fraction of sp³-hybridized carbons (Fsp3) is 0.286. The lowest BCUT2D eigenvalue weighted by Gasteiger charge is -2.16. The van der Waals surface area contributed by atoms with Crippen LogP contribution in [0.15, 0.2) is 30.3 Å². The van der Waals surface area contributed by atoms with Gasteiger partial charge in [-0.1, -0.05) is 35.3 Å². The molecule has 2 aromatic rings. The van der Waals surface area contributed by atoms with Gasteiger partial charge < -0.3 is 5.32 Å². The van der Waals surface area contributed by atoms with E-state index >= 15 is 0 Å². The zero-order valence-electron chi connectivity index (χ0n) is 10.4. The molecular weight excluding hydrogens is 304 g/mol. The maximum Gasteiger partial charge on any atom is 0.145 e. The molecule has 19 heavy (non-hydrogen) atoms. The Balaban J connectivity index is 2.08. The van der Waals surface area contributed by atoms with Crippen LogP contribution in [0.5, 0.6) is 0 Å². The number of hydrogen-bond acceptors (Lipinski definition) is 2. The summed E-state index contributed by atoms with van der Waals surface area (Å²) in [6, 6.07) is 9.15. The summed E-state index contributed by atoms with van der Waals surface area (Å²) in [5, 5.41) is 3.38. The Hall–Kier alpha value is -0.610. The molecule has 0 radical (unpaired) electrons. The third kappa shape index (κ3) is 3.93. The second-order valence-corrected chi connectivity index (χ2v) is 6.52. The van der Waals surface area contributed by atoms with Crippen molar-refractivity contribution in [3.63, 3.8) is 0 Å². The van der Waals surface area contributed by atoms with E-state index in [-0.39, 0.29) is 16.9 Å². The molecule has 1 N–H and O–H groups in total. The summed E-state index contributed by atoms with van der Waals surface area (Å²) in [6.45, 7) is 0. The molecule has 0 spiro atoms. The van der Waals surface area contributed by atoms with Crippen LogP contribution in [0.2, 0.25) is 9.36 Å². The van der Waals surface area contributed by atoms with Gasteiger partial charge >= 0.3 is 0 Å². The smallest absolute Gasteiger partial charge is 0.145 e. The predicted molar refractivity (Wildman–Crippen MR) is 81.0 cm³/mol. The van der Waals surface area contributed by atoms with E-state index < -0.39 is 0 Å². The summed E-state index contributed by atoms with van der Waals surface area (Å²) in [6.07, 6.45) is 1.41. The molecular formula is C14H14Cl2FNS. The van der Waals surface area contributed by atoms with Crippen LogP contribution in [0.3, 0.4) is 0 Å². The zero-order chi connectivity index (χ0) is 13.8. The summed E-state index contributed by atoms with van der Waals surface area (Å²) in [4.78, 5) is 1.19. The quantitative estimate of drug-likeness (QED) is 0.852. The van der Waals surface area contributed by atoms with Crippen LogP contribution in [0.1, 0.15) is 10.4 Å². The summed E-state index contributed by atoms with van der Waals surface area (Å²) < 4.78 is 14.6. The SMILES string of the molecule is CNC(Cc1ccc(Cl)s1)Cc1cccc(Cl)c1F. The molecule has 0 aliphatic heterocycles. The van der Waals surface area contributed by atoms with Gasteiger partial charge in [-0.2, -0.15) is 0 Å². The van der Waals surface area contributed by atoms with Crippen LogP contribution in [0.4, 0.5) is 4.39 Å². The number of hydrogen-bond donors (Lipinski definition) is 1. The van der Waals surface area contributed by atoms with E-state index in [1.807, 2.05) is 19.2 Å². The Morgan fingerprint density at radius 1 is 1.21 bits per heavy atom. The van der Waals surface area contributed by atoms with Crippen LogP contribution < -0.4 is 5.32 Å². The fourth-order valence-corrected chi connectivity index (χ4v) is 3.31.